The summed E-state index contributed by atoms with van der Waals surface area (Å²) in [6, 6.07) is 7.74. The predicted octanol–water partition coefficient (Wildman–Crippen LogP) is 0.857. The number of hydrazone groups is 1. The number of rotatable bonds is 1. The fourth-order valence-corrected chi connectivity index (χ4v) is 1.89. The van der Waals surface area contributed by atoms with Gasteiger partial charge in [-0.3, -0.25) is 15.1 Å². The largest absolute Gasteiger partial charge is 0.303 e. The van der Waals surface area contributed by atoms with E-state index in [0.29, 0.717) is 6.67 Å². The number of nitrogens with one attached hydrogen (secondary N) is 1. The summed E-state index contributed by atoms with van der Waals surface area (Å²) in [4.78, 5) is 14.6. The van der Waals surface area contributed by atoms with E-state index in [4.69, 9.17) is 0 Å². The molecule has 0 unspecified atom stereocenters. The van der Waals surface area contributed by atoms with Crippen LogP contribution in [0, 0.1) is 0 Å². The quantitative estimate of drug-likeness (QED) is 0.705. The molecule has 0 fully saturated rings. The minimum absolute atomic E-state index is 0.628. The van der Waals surface area contributed by atoms with Crippen LogP contribution in [0.5, 0.6) is 0 Å². The van der Waals surface area contributed by atoms with E-state index in [0.717, 1.165) is 23.6 Å². The zero-order valence-corrected chi connectivity index (χ0v) is 8.50. The molecule has 0 bridgehead atoms. The summed E-state index contributed by atoms with van der Waals surface area (Å²) in [5.41, 5.74) is 4.76. The molecule has 1 amide bonds. The summed E-state index contributed by atoms with van der Waals surface area (Å²) in [5.74, 6) is 0.816. The molecule has 0 radical (unpaired) electrons. The monoisotopic (exact) mass is 214 g/mol. The van der Waals surface area contributed by atoms with Crippen LogP contribution < -0.4 is 15.2 Å². The normalized spacial score (nSPS) is 17.1. The van der Waals surface area contributed by atoms with Crippen LogP contribution in [0.4, 0.5) is 11.4 Å². The maximum Gasteiger partial charge on any atom is 0.218 e. The molecule has 5 heteroatoms. The molecule has 2 heterocycles. The Morgan fingerprint density at radius 3 is 2.94 bits per heavy atom. The molecule has 0 spiro atoms. The Labute approximate surface area is 92.7 Å². The molecule has 0 atom stereocenters. The molecule has 1 aromatic carbocycles. The Bertz CT molecular complexity index is 495. The van der Waals surface area contributed by atoms with Crippen molar-refractivity contribution in [3.63, 3.8) is 0 Å². The Morgan fingerprint density at radius 2 is 2.12 bits per heavy atom. The van der Waals surface area contributed by atoms with Gasteiger partial charge < -0.3 is 4.90 Å². The molecule has 16 heavy (non-hydrogen) atoms. The highest BCUT2D eigenvalue weighted by atomic mass is 16.1. The van der Waals surface area contributed by atoms with Gasteiger partial charge in [-0.1, -0.05) is 12.1 Å². The third kappa shape index (κ3) is 1.18. The molecule has 2 aliphatic rings. The maximum absolute atomic E-state index is 11.0. The average Bonchev–Trinajstić information content (AvgIpc) is 2.73. The van der Waals surface area contributed by atoms with E-state index in [-0.39, 0.29) is 0 Å². The lowest BCUT2D eigenvalue weighted by Crippen LogP contribution is -2.27. The van der Waals surface area contributed by atoms with Crippen LogP contribution in [-0.4, -0.2) is 18.9 Å². The Hall–Kier alpha value is -2.30. The van der Waals surface area contributed by atoms with E-state index in [2.05, 4.69) is 10.5 Å². The van der Waals surface area contributed by atoms with Crippen LogP contribution in [0.15, 0.2) is 41.6 Å². The van der Waals surface area contributed by atoms with Gasteiger partial charge in [0, 0.05) is 6.20 Å². The first-order chi connectivity index (χ1) is 7.90. The minimum Gasteiger partial charge on any atom is -0.303 e. The van der Waals surface area contributed by atoms with E-state index in [9.17, 15) is 4.79 Å². The fourth-order valence-electron chi connectivity index (χ4n) is 1.89. The fraction of sp³-hybridized carbons (Fsp3) is 0.0909. The number of amidine groups is 1. The molecule has 80 valence electrons. The standard InChI is InChI=1S/C11H10N4O/c16-8-14-6-5-11-13-12-7-15(11)10-4-2-1-3-9(10)14/h1-6,8,12H,7H2. The van der Waals surface area contributed by atoms with E-state index in [1.165, 1.54) is 0 Å². The number of nitrogens with zero attached hydrogens (tertiary/aromatic N) is 3. The van der Waals surface area contributed by atoms with Gasteiger partial charge in [0.25, 0.3) is 0 Å². The highest BCUT2D eigenvalue weighted by Gasteiger charge is 2.23. The third-order valence-corrected chi connectivity index (χ3v) is 2.65. The van der Waals surface area contributed by atoms with Crippen LogP contribution in [0.1, 0.15) is 0 Å². The van der Waals surface area contributed by atoms with E-state index in [1.54, 1.807) is 11.1 Å². The van der Waals surface area contributed by atoms with Gasteiger partial charge in [-0.15, -0.1) is 0 Å². The van der Waals surface area contributed by atoms with Crippen molar-refractivity contribution in [1.29, 1.82) is 0 Å². The first-order valence-electron chi connectivity index (χ1n) is 4.99. The lowest BCUT2D eigenvalue weighted by atomic mass is 10.2. The molecule has 5 nitrogen and oxygen atoms in total. The zero-order chi connectivity index (χ0) is 11.0. The Kier molecular flexibility index (Phi) is 1.89. The van der Waals surface area contributed by atoms with Gasteiger partial charge in [0.05, 0.1) is 11.4 Å². The number of para-hydroxylation sites is 2. The van der Waals surface area contributed by atoms with Gasteiger partial charge >= 0.3 is 0 Å². The van der Waals surface area contributed by atoms with Crippen LogP contribution in [0.3, 0.4) is 0 Å². The molecule has 2 aliphatic heterocycles. The summed E-state index contributed by atoms with van der Waals surface area (Å²) >= 11 is 0. The maximum atomic E-state index is 11.0. The zero-order valence-electron chi connectivity index (χ0n) is 8.50. The number of hydrogen-bond donors (Lipinski definition) is 1. The van der Waals surface area contributed by atoms with Gasteiger partial charge in [0.15, 0.2) is 5.84 Å². The van der Waals surface area contributed by atoms with Crippen LogP contribution in [-0.2, 0) is 4.79 Å². The SMILES string of the molecule is O=CN1C=CC2=NNCN2c2ccccc21. The van der Waals surface area contributed by atoms with Crippen LogP contribution >= 0.6 is 0 Å². The Balaban J connectivity index is 2.19. The number of anilines is 2. The summed E-state index contributed by atoms with van der Waals surface area (Å²) in [5, 5.41) is 4.15. The summed E-state index contributed by atoms with van der Waals surface area (Å²) in [7, 11) is 0. The molecular formula is C11H10N4O. The molecule has 1 N–H and O–H groups in total. The number of carbonyl (C=O) groups excluding carboxylic acids is 1. The van der Waals surface area contributed by atoms with Crippen molar-refractivity contribution in [1.82, 2.24) is 5.43 Å². The van der Waals surface area contributed by atoms with Gasteiger partial charge in [-0.2, -0.15) is 5.10 Å². The lowest BCUT2D eigenvalue weighted by Gasteiger charge is -2.20. The van der Waals surface area contributed by atoms with Crippen molar-refractivity contribution in [2.45, 2.75) is 0 Å². The third-order valence-electron chi connectivity index (χ3n) is 2.65. The van der Waals surface area contributed by atoms with E-state index < -0.39 is 0 Å². The minimum atomic E-state index is 0.628. The lowest BCUT2D eigenvalue weighted by molar-refractivity contribution is -0.106. The first kappa shape index (κ1) is 8.96. The van der Waals surface area contributed by atoms with Crippen LogP contribution in [0.25, 0.3) is 0 Å². The highest BCUT2D eigenvalue weighted by Crippen LogP contribution is 2.31. The van der Waals surface area contributed by atoms with Crippen molar-refractivity contribution in [3.05, 3.63) is 36.5 Å². The van der Waals surface area contributed by atoms with Crippen molar-refractivity contribution in [3.8, 4) is 0 Å². The number of amides is 1. The van der Waals surface area contributed by atoms with Gasteiger partial charge in [-0.25, -0.2) is 0 Å². The summed E-state index contributed by atoms with van der Waals surface area (Å²) < 4.78 is 0. The molecule has 1 aromatic rings. The molecular weight excluding hydrogens is 204 g/mol. The van der Waals surface area contributed by atoms with E-state index in [1.807, 2.05) is 35.2 Å². The second-order valence-corrected chi connectivity index (χ2v) is 3.53. The van der Waals surface area contributed by atoms with Crippen molar-refractivity contribution in [2.75, 3.05) is 16.5 Å². The second kappa shape index (κ2) is 3.37. The topological polar surface area (TPSA) is 47.9 Å². The molecule has 0 saturated heterocycles. The highest BCUT2D eigenvalue weighted by molar-refractivity contribution is 6.11. The smallest absolute Gasteiger partial charge is 0.218 e. The number of carbonyl (C=O) groups is 1. The number of fused-ring (bicyclic) bond motifs is 3. The molecule has 0 saturated carbocycles. The van der Waals surface area contributed by atoms with Gasteiger partial charge in [-0.05, 0) is 18.2 Å². The number of benzene rings is 1. The van der Waals surface area contributed by atoms with Crippen molar-refractivity contribution >= 4 is 23.6 Å². The van der Waals surface area contributed by atoms with Crippen molar-refractivity contribution < 1.29 is 4.79 Å². The average molecular weight is 214 g/mol. The molecule has 3 rings (SSSR count). The summed E-state index contributed by atoms with van der Waals surface area (Å²) in [6.45, 7) is 0.628. The van der Waals surface area contributed by atoms with E-state index >= 15 is 0 Å². The first-order valence-corrected chi connectivity index (χ1v) is 4.99. The van der Waals surface area contributed by atoms with Gasteiger partial charge in [0.2, 0.25) is 6.41 Å². The predicted molar refractivity (Wildman–Crippen MR) is 62.0 cm³/mol. The van der Waals surface area contributed by atoms with Gasteiger partial charge in [0.1, 0.15) is 6.67 Å². The van der Waals surface area contributed by atoms with Crippen molar-refractivity contribution in [2.24, 2.45) is 5.10 Å². The molecule has 0 aromatic heterocycles. The number of hydrogen-bond acceptors (Lipinski definition) is 4. The molecule has 0 aliphatic carbocycles. The second-order valence-electron chi connectivity index (χ2n) is 3.53. The van der Waals surface area contributed by atoms with Crippen LogP contribution in [0.2, 0.25) is 0 Å². The Morgan fingerprint density at radius 1 is 1.31 bits per heavy atom. The summed E-state index contributed by atoms with van der Waals surface area (Å²) in [6.07, 6.45) is 4.33.